The molecule has 0 fully saturated rings. The third-order valence-corrected chi connectivity index (χ3v) is 2.54. The molecule has 0 heterocycles. The molecule has 0 spiro atoms. The highest BCUT2D eigenvalue weighted by atomic mass is 16.2. The Morgan fingerprint density at radius 1 is 0.867 bits per heavy atom. The van der Waals surface area contributed by atoms with E-state index in [1.165, 1.54) is 32.5 Å². The van der Waals surface area contributed by atoms with Crippen LogP contribution < -0.4 is 0 Å². The first kappa shape index (κ1) is 14.9. The van der Waals surface area contributed by atoms with E-state index in [9.17, 15) is 0 Å². The Balaban J connectivity index is 3.53. The van der Waals surface area contributed by atoms with Crippen molar-refractivity contribution < 1.29 is 5.11 Å². The molecule has 0 aliphatic carbocycles. The summed E-state index contributed by atoms with van der Waals surface area (Å²) in [4.78, 5) is 4.76. The van der Waals surface area contributed by atoms with Crippen molar-refractivity contribution in [1.29, 1.82) is 0 Å². The zero-order valence-electron chi connectivity index (χ0n) is 10.7. The molecule has 15 heavy (non-hydrogen) atoms. The van der Waals surface area contributed by atoms with Crippen molar-refractivity contribution in [2.24, 2.45) is 0 Å². The van der Waals surface area contributed by atoms with Gasteiger partial charge in [-0.25, -0.2) is 0 Å². The molecule has 0 aromatic carbocycles. The van der Waals surface area contributed by atoms with E-state index in [1.54, 1.807) is 0 Å². The first-order valence-corrected chi connectivity index (χ1v) is 6.18. The molecule has 0 bridgehead atoms. The van der Waals surface area contributed by atoms with Gasteiger partial charge < -0.3 is 14.9 Å². The molecule has 0 unspecified atom stereocenters. The van der Waals surface area contributed by atoms with Crippen LogP contribution in [0.15, 0.2) is 0 Å². The van der Waals surface area contributed by atoms with Gasteiger partial charge in [-0.3, -0.25) is 0 Å². The lowest BCUT2D eigenvalue weighted by Gasteiger charge is -2.23. The van der Waals surface area contributed by atoms with Crippen LogP contribution in [0.5, 0.6) is 0 Å². The first-order valence-electron chi connectivity index (χ1n) is 6.18. The summed E-state index contributed by atoms with van der Waals surface area (Å²) in [6.07, 6.45) is 4.55. The van der Waals surface area contributed by atoms with Crippen molar-refractivity contribution in [3.8, 4) is 0 Å². The maximum atomic E-state index is 8.69. The Hall–Kier alpha value is -0.120. The van der Waals surface area contributed by atoms with Crippen LogP contribution in [0.3, 0.4) is 0 Å². The highest BCUT2D eigenvalue weighted by molar-refractivity contribution is 4.59. The van der Waals surface area contributed by atoms with Gasteiger partial charge in [-0.1, -0.05) is 6.92 Å². The predicted molar refractivity (Wildman–Crippen MR) is 66.2 cm³/mol. The second kappa shape index (κ2) is 10.4. The van der Waals surface area contributed by atoms with Gasteiger partial charge in [0.05, 0.1) is 0 Å². The summed E-state index contributed by atoms with van der Waals surface area (Å²) in [6.45, 7) is 7.26. The van der Waals surface area contributed by atoms with Gasteiger partial charge in [0.15, 0.2) is 0 Å². The van der Waals surface area contributed by atoms with E-state index in [1.807, 2.05) is 0 Å². The smallest absolute Gasteiger partial charge is 0.0431 e. The van der Waals surface area contributed by atoms with Gasteiger partial charge in [0.25, 0.3) is 0 Å². The van der Waals surface area contributed by atoms with Crippen LogP contribution in [-0.2, 0) is 0 Å². The zero-order chi connectivity index (χ0) is 11.5. The number of aliphatic hydroxyl groups excluding tert-OH is 1. The molecule has 0 rings (SSSR count). The molecule has 0 saturated carbocycles. The Morgan fingerprint density at radius 2 is 1.60 bits per heavy atom. The third-order valence-electron chi connectivity index (χ3n) is 2.54. The molecule has 1 N–H and O–H groups in total. The van der Waals surface area contributed by atoms with Crippen molar-refractivity contribution >= 4 is 0 Å². The number of hydrogen-bond donors (Lipinski definition) is 1. The predicted octanol–water partition coefficient (Wildman–Crippen LogP) is 1.42. The summed E-state index contributed by atoms with van der Waals surface area (Å²) in [5.74, 6) is 0. The van der Waals surface area contributed by atoms with Gasteiger partial charge in [-0.15, -0.1) is 0 Å². The number of unbranched alkanes of at least 4 members (excludes halogenated alkanes) is 2. The minimum Gasteiger partial charge on any atom is -0.396 e. The van der Waals surface area contributed by atoms with E-state index in [-0.39, 0.29) is 0 Å². The summed E-state index contributed by atoms with van der Waals surface area (Å²) in [6, 6.07) is 0. The second-order valence-corrected chi connectivity index (χ2v) is 4.43. The van der Waals surface area contributed by atoms with E-state index < -0.39 is 0 Å². The van der Waals surface area contributed by atoms with E-state index in [2.05, 4.69) is 30.8 Å². The topological polar surface area (TPSA) is 26.7 Å². The van der Waals surface area contributed by atoms with Gasteiger partial charge in [0, 0.05) is 19.7 Å². The standard InChI is InChI=1S/C12H28N2O/c1-4-8-14(11-10-13(2)3)9-6-5-7-12-15/h15H,4-12H2,1-3H3. The van der Waals surface area contributed by atoms with Gasteiger partial charge in [-0.05, 0) is 52.9 Å². The molecule has 0 amide bonds. The summed E-state index contributed by atoms with van der Waals surface area (Å²) in [5, 5.41) is 8.69. The van der Waals surface area contributed by atoms with Crippen molar-refractivity contribution in [2.75, 3.05) is 46.9 Å². The van der Waals surface area contributed by atoms with Crippen LogP contribution >= 0.6 is 0 Å². The minimum absolute atomic E-state index is 0.339. The highest BCUT2D eigenvalue weighted by Crippen LogP contribution is 1.99. The number of rotatable bonds is 10. The van der Waals surface area contributed by atoms with Crippen LogP contribution in [0.4, 0.5) is 0 Å². The number of hydrogen-bond acceptors (Lipinski definition) is 3. The Kier molecular flexibility index (Phi) is 10.3. The van der Waals surface area contributed by atoms with Crippen LogP contribution in [0, 0.1) is 0 Å². The molecule has 0 aliphatic rings. The van der Waals surface area contributed by atoms with Crippen LogP contribution in [0.2, 0.25) is 0 Å². The molecule has 92 valence electrons. The molecule has 0 radical (unpaired) electrons. The second-order valence-electron chi connectivity index (χ2n) is 4.43. The third kappa shape index (κ3) is 10.2. The largest absolute Gasteiger partial charge is 0.396 e. The SMILES string of the molecule is CCCN(CCCCCO)CCN(C)C. The average molecular weight is 216 g/mol. The summed E-state index contributed by atoms with van der Waals surface area (Å²) < 4.78 is 0. The number of aliphatic hydroxyl groups is 1. The zero-order valence-corrected chi connectivity index (χ0v) is 10.7. The van der Waals surface area contributed by atoms with E-state index in [4.69, 9.17) is 5.11 Å². The van der Waals surface area contributed by atoms with Gasteiger partial charge in [-0.2, -0.15) is 0 Å². The summed E-state index contributed by atoms with van der Waals surface area (Å²) >= 11 is 0. The first-order chi connectivity index (χ1) is 7.20. The molecule has 0 aromatic rings. The quantitative estimate of drug-likeness (QED) is 0.560. The normalized spacial score (nSPS) is 11.6. The lowest BCUT2D eigenvalue weighted by atomic mass is 10.2. The van der Waals surface area contributed by atoms with E-state index in [0.29, 0.717) is 6.61 Å². The fraction of sp³-hybridized carbons (Fsp3) is 1.00. The molecular formula is C12H28N2O. The molecular weight excluding hydrogens is 188 g/mol. The molecule has 3 heteroatoms. The lowest BCUT2D eigenvalue weighted by molar-refractivity contribution is 0.230. The maximum Gasteiger partial charge on any atom is 0.0431 e. The van der Waals surface area contributed by atoms with Crippen molar-refractivity contribution in [1.82, 2.24) is 9.80 Å². The molecule has 0 atom stereocenters. The Morgan fingerprint density at radius 3 is 2.13 bits per heavy atom. The van der Waals surface area contributed by atoms with Crippen molar-refractivity contribution in [3.63, 3.8) is 0 Å². The summed E-state index contributed by atoms with van der Waals surface area (Å²) in [5.41, 5.74) is 0. The minimum atomic E-state index is 0.339. The summed E-state index contributed by atoms with van der Waals surface area (Å²) in [7, 11) is 4.24. The Labute approximate surface area is 95.1 Å². The molecule has 0 saturated heterocycles. The molecule has 0 aromatic heterocycles. The van der Waals surface area contributed by atoms with Crippen LogP contribution in [0.1, 0.15) is 32.6 Å². The van der Waals surface area contributed by atoms with E-state index in [0.717, 1.165) is 19.4 Å². The maximum absolute atomic E-state index is 8.69. The number of likely N-dealkylation sites (N-methyl/N-ethyl adjacent to an activating group) is 1. The number of nitrogens with zero attached hydrogens (tertiary/aromatic N) is 2. The molecule has 0 aliphatic heterocycles. The highest BCUT2D eigenvalue weighted by Gasteiger charge is 2.03. The fourth-order valence-corrected chi connectivity index (χ4v) is 1.62. The average Bonchev–Trinajstić information content (AvgIpc) is 2.20. The molecule has 3 nitrogen and oxygen atoms in total. The van der Waals surface area contributed by atoms with Gasteiger partial charge >= 0.3 is 0 Å². The van der Waals surface area contributed by atoms with Crippen molar-refractivity contribution in [3.05, 3.63) is 0 Å². The van der Waals surface area contributed by atoms with Crippen LogP contribution in [-0.4, -0.2) is 61.8 Å². The lowest BCUT2D eigenvalue weighted by Crippen LogP contribution is -2.33. The fourth-order valence-electron chi connectivity index (χ4n) is 1.62. The van der Waals surface area contributed by atoms with Gasteiger partial charge in [0.2, 0.25) is 0 Å². The Bertz CT molecular complexity index is 129. The van der Waals surface area contributed by atoms with Crippen molar-refractivity contribution in [2.45, 2.75) is 32.6 Å². The monoisotopic (exact) mass is 216 g/mol. The van der Waals surface area contributed by atoms with E-state index >= 15 is 0 Å². The van der Waals surface area contributed by atoms with Gasteiger partial charge in [0.1, 0.15) is 0 Å². The van der Waals surface area contributed by atoms with Crippen LogP contribution in [0.25, 0.3) is 0 Å².